The van der Waals surface area contributed by atoms with Crippen molar-refractivity contribution in [1.82, 2.24) is 5.32 Å². The smallest absolute Gasteiger partial charge is 0.407 e. The van der Waals surface area contributed by atoms with E-state index in [0.717, 1.165) is 24.7 Å². The van der Waals surface area contributed by atoms with E-state index in [1.807, 2.05) is 30.3 Å². The normalized spacial score (nSPS) is 16.0. The van der Waals surface area contributed by atoms with Crippen LogP contribution in [0.15, 0.2) is 30.3 Å². The molecule has 0 atom stereocenters. The molecule has 1 amide bonds. The molecule has 1 saturated carbocycles. The minimum absolute atomic E-state index is 0.254. The molecule has 17 heavy (non-hydrogen) atoms. The zero-order chi connectivity index (χ0) is 12.1. The molecule has 0 saturated heterocycles. The van der Waals surface area contributed by atoms with Crippen LogP contribution in [0.1, 0.15) is 24.8 Å². The molecule has 0 aromatic heterocycles. The Morgan fingerprint density at radius 3 is 2.65 bits per heavy atom. The van der Waals surface area contributed by atoms with Gasteiger partial charge in [0, 0.05) is 6.42 Å². The first-order valence-corrected chi connectivity index (χ1v) is 5.67. The van der Waals surface area contributed by atoms with E-state index in [9.17, 15) is 9.59 Å². The fourth-order valence-electron chi connectivity index (χ4n) is 1.67. The lowest BCUT2D eigenvalue weighted by molar-refractivity contribution is -0.108. The van der Waals surface area contributed by atoms with Gasteiger partial charge in [-0.15, -0.1) is 0 Å². The number of carbonyl (C=O) groups is 2. The van der Waals surface area contributed by atoms with Gasteiger partial charge in [0.2, 0.25) is 0 Å². The Labute approximate surface area is 100.0 Å². The van der Waals surface area contributed by atoms with Crippen LogP contribution in [0.25, 0.3) is 0 Å². The van der Waals surface area contributed by atoms with Crippen molar-refractivity contribution in [1.29, 1.82) is 0 Å². The summed E-state index contributed by atoms with van der Waals surface area (Å²) in [5, 5.41) is 2.75. The maximum atomic E-state index is 11.5. The van der Waals surface area contributed by atoms with Crippen LogP contribution >= 0.6 is 0 Å². The molecule has 1 aliphatic rings. The van der Waals surface area contributed by atoms with Gasteiger partial charge in [0.25, 0.3) is 0 Å². The third-order valence-corrected chi connectivity index (χ3v) is 2.91. The Hall–Kier alpha value is -1.84. The van der Waals surface area contributed by atoms with Gasteiger partial charge >= 0.3 is 6.09 Å². The number of benzene rings is 1. The molecular formula is C13H15NO3. The molecule has 1 aliphatic carbocycles. The quantitative estimate of drug-likeness (QED) is 0.792. The summed E-state index contributed by atoms with van der Waals surface area (Å²) in [6.07, 6.45) is 2.46. The van der Waals surface area contributed by atoms with Gasteiger partial charge in [0.05, 0.1) is 5.54 Å². The van der Waals surface area contributed by atoms with Crippen molar-refractivity contribution in [2.24, 2.45) is 0 Å². The van der Waals surface area contributed by atoms with E-state index in [-0.39, 0.29) is 12.1 Å². The van der Waals surface area contributed by atoms with E-state index in [2.05, 4.69) is 5.32 Å². The SMILES string of the molecule is O=CCC1(NC(=O)OCc2ccccc2)CC1. The Morgan fingerprint density at radius 1 is 1.35 bits per heavy atom. The van der Waals surface area contributed by atoms with E-state index >= 15 is 0 Å². The molecular weight excluding hydrogens is 218 g/mol. The zero-order valence-corrected chi connectivity index (χ0v) is 9.52. The molecule has 1 aromatic carbocycles. The highest BCUT2D eigenvalue weighted by Crippen LogP contribution is 2.37. The molecule has 0 radical (unpaired) electrons. The number of ether oxygens (including phenoxy) is 1. The first-order chi connectivity index (χ1) is 8.24. The lowest BCUT2D eigenvalue weighted by Gasteiger charge is -2.14. The van der Waals surface area contributed by atoms with Crippen LogP contribution in [0.5, 0.6) is 0 Å². The molecule has 2 rings (SSSR count). The minimum Gasteiger partial charge on any atom is -0.445 e. The van der Waals surface area contributed by atoms with Crippen molar-refractivity contribution in [3.63, 3.8) is 0 Å². The summed E-state index contributed by atoms with van der Waals surface area (Å²) < 4.78 is 5.08. The van der Waals surface area contributed by atoms with Crippen LogP contribution in [0.2, 0.25) is 0 Å². The Bertz CT molecular complexity index is 398. The van der Waals surface area contributed by atoms with E-state index in [1.165, 1.54) is 0 Å². The van der Waals surface area contributed by atoms with Gasteiger partial charge < -0.3 is 14.8 Å². The number of amides is 1. The van der Waals surface area contributed by atoms with Gasteiger partial charge in [-0.3, -0.25) is 0 Å². The maximum absolute atomic E-state index is 11.5. The third kappa shape index (κ3) is 3.31. The van der Waals surface area contributed by atoms with Crippen LogP contribution < -0.4 is 5.32 Å². The molecule has 0 heterocycles. The van der Waals surface area contributed by atoms with Crippen LogP contribution in [0.3, 0.4) is 0 Å². The largest absolute Gasteiger partial charge is 0.445 e. The number of carbonyl (C=O) groups excluding carboxylic acids is 2. The molecule has 1 aromatic rings. The highest BCUT2D eigenvalue weighted by Gasteiger charge is 2.43. The lowest BCUT2D eigenvalue weighted by Crippen LogP contribution is -2.37. The maximum Gasteiger partial charge on any atom is 0.407 e. The Balaban J connectivity index is 1.77. The summed E-state index contributed by atoms with van der Waals surface area (Å²) >= 11 is 0. The fourth-order valence-corrected chi connectivity index (χ4v) is 1.67. The topological polar surface area (TPSA) is 55.4 Å². The van der Waals surface area contributed by atoms with Gasteiger partial charge in [-0.25, -0.2) is 4.79 Å². The number of aldehydes is 1. The Morgan fingerprint density at radius 2 is 2.06 bits per heavy atom. The lowest BCUT2D eigenvalue weighted by atomic mass is 10.2. The molecule has 4 nitrogen and oxygen atoms in total. The summed E-state index contributed by atoms with van der Waals surface area (Å²) in [5.74, 6) is 0. The van der Waals surface area contributed by atoms with E-state index in [4.69, 9.17) is 4.74 Å². The van der Waals surface area contributed by atoms with Crippen molar-refractivity contribution < 1.29 is 14.3 Å². The van der Waals surface area contributed by atoms with Crippen LogP contribution in [-0.4, -0.2) is 17.9 Å². The standard InChI is InChI=1S/C13H15NO3/c15-9-8-13(6-7-13)14-12(16)17-10-11-4-2-1-3-5-11/h1-5,9H,6-8,10H2,(H,14,16). The number of rotatable bonds is 5. The van der Waals surface area contributed by atoms with Crippen LogP contribution in [0.4, 0.5) is 4.79 Å². The van der Waals surface area contributed by atoms with Crippen molar-refractivity contribution in [3.8, 4) is 0 Å². The molecule has 1 fully saturated rings. The van der Waals surface area contributed by atoms with Crippen molar-refractivity contribution in [3.05, 3.63) is 35.9 Å². The second-order valence-corrected chi connectivity index (χ2v) is 4.34. The summed E-state index contributed by atoms with van der Waals surface area (Å²) in [5.41, 5.74) is 0.623. The van der Waals surface area contributed by atoms with Gasteiger partial charge in [0.1, 0.15) is 12.9 Å². The fraction of sp³-hybridized carbons (Fsp3) is 0.385. The average Bonchev–Trinajstić information content (AvgIpc) is 3.08. The molecule has 0 bridgehead atoms. The summed E-state index contributed by atoms with van der Waals surface area (Å²) in [6, 6.07) is 9.49. The summed E-state index contributed by atoms with van der Waals surface area (Å²) in [7, 11) is 0. The van der Waals surface area contributed by atoms with E-state index < -0.39 is 6.09 Å². The molecule has 0 aliphatic heterocycles. The zero-order valence-electron chi connectivity index (χ0n) is 9.52. The minimum atomic E-state index is -0.451. The monoisotopic (exact) mass is 233 g/mol. The molecule has 1 N–H and O–H groups in total. The summed E-state index contributed by atoms with van der Waals surface area (Å²) in [6.45, 7) is 0.254. The molecule has 4 heteroatoms. The van der Waals surface area contributed by atoms with Crippen molar-refractivity contribution in [2.45, 2.75) is 31.4 Å². The second-order valence-electron chi connectivity index (χ2n) is 4.34. The van der Waals surface area contributed by atoms with Gasteiger partial charge in [-0.1, -0.05) is 30.3 Å². The molecule has 0 spiro atoms. The molecule has 0 unspecified atom stereocenters. The van der Waals surface area contributed by atoms with Gasteiger partial charge in [-0.05, 0) is 18.4 Å². The summed E-state index contributed by atoms with van der Waals surface area (Å²) in [4.78, 5) is 21.9. The van der Waals surface area contributed by atoms with E-state index in [0.29, 0.717) is 6.42 Å². The number of nitrogens with one attached hydrogen (secondary N) is 1. The van der Waals surface area contributed by atoms with Crippen LogP contribution in [0, 0.1) is 0 Å². The van der Waals surface area contributed by atoms with Gasteiger partial charge in [0.15, 0.2) is 0 Å². The first kappa shape index (κ1) is 11.6. The van der Waals surface area contributed by atoms with E-state index in [1.54, 1.807) is 0 Å². The highest BCUT2D eigenvalue weighted by atomic mass is 16.5. The van der Waals surface area contributed by atoms with Crippen molar-refractivity contribution >= 4 is 12.4 Å². The predicted molar refractivity (Wildman–Crippen MR) is 62.4 cm³/mol. The number of alkyl carbamates (subject to hydrolysis) is 1. The average molecular weight is 233 g/mol. The third-order valence-electron chi connectivity index (χ3n) is 2.91. The first-order valence-electron chi connectivity index (χ1n) is 5.67. The predicted octanol–water partition coefficient (Wildman–Crippen LogP) is 2.03. The molecule has 90 valence electrons. The number of hydrogen-bond acceptors (Lipinski definition) is 3. The Kier molecular flexibility index (Phi) is 3.42. The highest BCUT2D eigenvalue weighted by molar-refractivity contribution is 5.70. The van der Waals surface area contributed by atoms with Gasteiger partial charge in [-0.2, -0.15) is 0 Å². The van der Waals surface area contributed by atoms with Crippen molar-refractivity contribution in [2.75, 3.05) is 0 Å². The second kappa shape index (κ2) is 4.99. The number of hydrogen-bond donors (Lipinski definition) is 1. The van der Waals surface area contributed by atoms with Crippen LogP contribution in [-0.2, 0) is 16.1 Å².